The quantitative estimate of drug-likeness (QED) is 0.667. The number of halogens is 3. The molecule has 2 aromatic carbocycles. The number of benzene rings is 2. The number of nitrogens with zero attached hydrogens (tertiary/aromatic N) is 1. The first-order chi connectivity index (χ1) is 10.5. The topological polar surface area (TPSA) is 34.0 Å². The zero-order valence-corrected chi connectivity index (χ0v) is 13.9. The van der Waals surface area contributed by atoms with Gasteiger partial charge in [0.05, 0.1) is 9.50 Å². The van der Waals surface area contributed by atoms with Gasteiger partial charge in [-0.25, -0.2) is 4.39 Å². The zero-order valence-electron chi connectivity index (χ0n) is 11.5. The Labute approximate surface area is 139 Å². The smallest absolute Gasteiger partial charge is 0.273 e. The van der Waals surface area contributed by atoms with E-state index in [9.17, 15) is 9.18 Å². The number of aryl methyl sites for hydroxylation is 1. The number of nitrogens with one attached hydrogen (secondary N) is 1. The number of rotatable bonds is 2. The number of fused-ring (bicyclic) bond motifs is 1. The Bertz CT molecular complexity index is 852. The summed E-state index contributed by atoms with van der Waals surface area (Å²) in [5, 5.41) is 3.64. The van der Waals surface area contributed by atoms with Crippen LogP contribution in [0.5, 0.6) is 0 Å². The molecule has 0 unspecified atom stereocenters. The average Bonchev–Trinajstić information content (AvgIpc) is 2.75. The molecule has 1 heterocycles. The monoisotopic (exact) mass is 380 g/mol. The maximum absolute atomic E-state index is 13.5. The third kappa shape index (κ3) is 2.51. The molecule has 0 saturated heterocycles. The summed E-state index contributed by atoms with van der Waals surface area (Å²) in [6.45, 7) is 0. The highest BCUT2D eigenvalue weighted by molar-refractivity contribution is 9.10. The Kier molecular flexibility index (Phi) is 3.93. The maximum atomic E-state index is 13.5. The molecule has 3 rings (SSSR count). The summed E-state index contributed by atoms with van der Waals surface area (Å²) in [5.74, 6) is -0.900. The fraction of sp³-hybridized carbons (Fsp3) is 0.0625. The van der Waals surface area contributed by atoms with Gasteiger partial charge >= 0.3 is 0 Å². The van der Waals surface area contributed by atoms with Crippen LogP contribution in [0.4, 0.5) is 10.1 Å². The normalized spacial score (nSPS) is 10.9. The molecule has 0 atom stereocenters. The van der Waals surface area contributed by atoms with Crippen molar-refractivity contribution in [1.29, 1.82) is 0 Å². The summed E-state index contributed by atoms with van der Waals surface area (Å²) in [5.41, 5.74) is 1.75. The standard InChI is InChI=1S/C16H11BrClFN2O/c1-21-13-5-3-2-4-10(13)14(17)15(21)16(22)20-9-6-7-11(18)12(19)8-9/h2-8H,1H3,(H,20,22). The lowest BCUT2D eigenvalue weighted by Crippen LogP contribution is -2.16. The molecule has 0 spiro atoms. The van der Waals surface area contributed by atoms with Gasteiger partial charge in [-0.15, -0.1) is 0 Å². The van der Waals surface area contributed by atoms with E-state index in [1.807, 2.05) is 31.3 Å². The summed E-state index contributed by atoms with van der Waals surface area (Å²) in [4.78, 5) is 12.5. The molecule has 1 amide bonds. The lowest BCUT2D eigenvalue weighted by atomic mass is 10.2. The lowest BCUT2D eigenvalue weighted by molar-refractivity contribution is 0.101. The minimum absolute atomic E-state index is 0.0174. The van der Waals surface area contributed by atoms with Crippen LogP contribution in [0.15, 0.2) is 46.9 Å². The second-order valence-electron chi connectivity index (χ2n) is 4.82. The molecule has 1 aromatic heterocycles. The number of carbonyl (C=O) groups is 1. The first-order valence-corrected chi connectivity index (χ1v) is 7.65. The highest BCUT2D eigenvalue weighted by Gasteiger charge is 2.19. The van der Waals surface area contributed by atoms with Gasteiger partial charge in [0.25, 0.3) is 5.91 Å². The van der Waals surface area contributed by atoms with Crippen LogP contribution in [0.2, 0.25) is 5.02 Å². The van der Waals surface area contributed by atoms with E-state index in [1.165, 1.54) is 12.1 Å². The Morgan fingerprint density at radius 3 is 2.68 bits per heavy atom. The number of carbonyl (C=O) groups excluding carboxylic acids is 1. The highest BCUT2D eigenvalue weighted by Crippen LogP contribution is 2.31. The zero-order chi connectivity index (χ0) is 15.9. The fourth-order valence-electron chi connectivity index (χ4n) is 2.36. The Morgan fingerprint density at radius 2 is 2.00 bits per heavy atom. The average molecular weight is 382 g/mol. The SMILES string of the molecule is Cn1c(C(=O)Nc2ccc(Cl)c(F)c2)c(Br)c2ccccc21. The van der Waals surface area contributed by atoms with Crippen LogP contribution >= 0.6 is 27.5 Å². The molecule has 0 aliphatic carbocycles. The van der Waals surface area contributed by atoms with Crippen molar-refractivity contribution < 1.29 is 9.18 Å². The molecular weight excluding hydrogens is 371 g/mol. The van der Waals surface area contributed by atoms with Crippen molar-refractivity contribution in [2.24, 2.45) is 7.05 Å². The van der Waals surface area contributed by atoms with E-state index in [0.717, 1.165) is 10.9 Å². The number of para-hydroxylation sites is 1. The molecule has 0 saturated carbocycles. The highest BCUT2D eigenvalue weighted by atomic mass is 79.9. The van der Waals surface area contributed by atoms with E-state index in [1.54, 1.807) is 10.6 Å². The summed E-state index contributed by atoms with van der Waals surface area (Å²) < 4.78 is 16.0. The van der Waals surface area contributed by atoms with Crippen molar-refractivity contribution in [2.75, 3.05) is 5.32 Å². The van der Waals surface area contributed by atoms with Crippen molar-refractivity contribution in [3.63, 3.8) is 0 Å². The minimum Gasteiger partial charge on any atom is -0.339 e. The third-order valence-electron chi connectivity index (χ3n) is 3.44. The lowest BCUT2D eigenvalue weighted by Gasteiger charge is -2.08. The van der Waals surface area contributed by atoms with Gasteiger partial charge in [0.2, 0.25) is 0 Å². The molecule has 0 fully saturated rings. The molecule has 112 valence electrons. The van der Waals surface area contributed by atoms with Gasteiger partial charge < -0.3 is 9.88 Å². The van der Waals surface area contributed by atoms with Crippen LogP contribution < -0.4 is 5.32 Å². The minimum atomic E-state index is -0.574. The van der Waals surface area contributed by atoms with E-state index in [0.29, 0.717) is 15.9 Å². The van der Waals surface area contributed by atoms with E-state index in [2.05, 4.69) is 21.2 Å². The van der Waals surface area contributed by atoms with E-state index in [4.69, 9.17) is 11.6 Å². The van der Waals surface area contributed by atoms with Gasteiger partial charge in [0.15, 0.2) is 0 Å². The summed E-state index contributed by atoms with van der Waals surface area (Å²) in [6.07, 6.45) is 0. The van der Waals surface area contributed by atoms with Gasteiger partial charge in [-0.05, 0) is 40.2 Å². The van der Waals surface area contributed by atoms with Gasteiger partial charge in [0.1, 0.15) is 11.5 Å². The largest absolute Gasteiger partial charge is 0.339 e. The number of anilines is 1. The van der Waals surface area contributed by atoms with E-state index >= 15 is 0 Å². The predicted octanol–water partition coefficient (Wildman–Crippen LogP) is 4.99. The number of hydrogen-bond donors (Lipinski definition) is 1. The summed E-state index contributed by atoms with van der Waals surface area (Å²) in [7, 11) is 1.81. The van der Waals surface area contributed by atoms with Gasteiger partial charge in [-0.1, -0.05) is 29.8 Å². The first kappa shape index (κ1) is 15.1. The molecule has 0 aliphatic rings. The number of aromatic nitrogens is 1. The van der Waals surface area contributed by atoms with Crippen LogP contribution in [-0.4, -0.2) is 10.5 Å². The second-order valence-corrected chi connectivity index (χ2v) is 6.02. The van der Waals surface area contributed by atoms with Crippen LogP contribution in [0.3, 0.4) is 0 Å². The number of hydrogen-bond acceptors (Lipinski definition) is 1. The van der Waals surface area contributed by atoms with Crippen molar-refractivity contribution in [2.45, 2.75) is 0 Å². The van der Waals surface area contributed by atoms with E-state index in [-0.39, 0.29) is 10.9 Å². The van der Waals surface area contributed by atoms with Crippen LogP contribution in [-0.2, 0) is 7.05 Å². The molecule has 0 bridgehead atoms. The molecule has 1 N–H and O–H groups in total. The van der Waals surface area contributed by atoms with Crippen LogP contribution in [0, 0.1) is 5.82 Å². The van der Waals surface area contributed by atoms with Crippen molar-refractivity contribution in [1.82, 2.24) is 4.57 Å². The second kappa shape index (κ2) is 5.74. The molecule has 22 heavy (non-hydrogen) atoms. The Balaban J connectivity index is 2.00. The molecule has 0 aliphatic heterocycles. The summed E-state index contributed by atoms with van der Waals surface area (Å²) in [6, 6.07) is 11.8. The van der Waals surface area contributed by atoms with Gasteiger partial charge in [-0.3, -0.25) is 4.79 Å². The Hall–Kier alpha value is -1.85. The Morgan fingerprint density at radius 1 is 1.27 bits per heavy atom. The van der Waals surface area contributed by atoms with E-state index < -0.39 is 5.82 Å². The molecule has 3 aromatic rings. The third-order valence-corrected chi connectivity index (χ3v) is 4.55. The van der Waals surface area contributed by atoms with Gasteiger partial charge in [-0.2, -0.15) is 0 Å². The van der Waals surface area contributed by atoms with Crippen LogP contribution in [0.1, 0.15) is 10.5 Å². The molecule has 0 radical (unpaired) electrons. The molecular formula is C16H11BrClFN2O. The molecule has 6 heteroatoms. The predicted molar refractivity (Wildman–Crippen MR) is 90.0 cm³/mol. The summed E-state index contributed by atoms with van der Waals surface area (Å²) >= 11 is 9.10. The van der Waals surface area contributed by atoms with Crippen molar-refractivity contribution in [3.05, 3.63) is 63.5 Å². The first-order valence-electron chi connectivity index (χ1n) is 6.48. The number of amides is 1. The van der Waals surface area contributed by atoms with Gasteiger partial charge in [0, 0.05) is 23.6 Å². The van der Waals surface area contributed by atoms with Crippen LogP contribution in [0.25, 0.3) is 10.9 Å². The molecule has 3 nitrogen and oxygen atoms in total. The fourth-order valence-corrected chi connectivity index (χ4v) is 3.26. The van der Waals surface area contributed by atoms with Crippen molar-refractivity contribution >= 4 is 50.0 Å². The maximum Gasteiger partial charge on any atom is 0.273 e. The van der Waals surface area contributed by atoms with Crippen molar-refractivity contribution in [3.8, 4) is 0 Å².